The third-order valence-electron chi connectivity index (χ3n) is 2.19. The van der Waals surface area contributed by atoms with Crippen LogP contribution in [0.25, 0.3) is 0 Å². The van der Waals surface area contributed by atoms with E-state index in [1.54, 1.807) is 12.1 Å². The van der Waals surface area contributed by atoms with E-state index < -0.39 is 0 Å². The smallest absolute Gasteiger partial charge is 0.165 e. The SMILES string of the molecule is C=C(CC)COc1c(F)cccc1CN. The highest BCUT2D eigenvalue weighted by atomic mass is 19.1. The summed E-state index contributed by atoms with van der Waals surface area (Å²) in [5, 5.41) is 0. The summed E-state index contributed by atoms with van der Waals surface area (Å²) in [7, 11) is 0. The van der Waals surface area contributed by atoms with E-state index in [0.29, 0.717) is 12.2 Å². The second-order valence-electron chi connectivity index (χ2n) is 3.32. The molecule has 0 amide bonds. The van der Waals surface area contributed by atoms with E-state index in [1.165, 1.54) is 6.07 Å². The van der Waals surface area contributed by atoms with Crippen molar-refractivity contribution in [1.82, 2.24) is 0 Å². The summed E-state index contributed by atoms with van der Waals surface area (Å²) in [6, 6.07) is 4.75. The first kappa shape index (κ1) is 11.7. The van der Waals surface area contributed by atoms with Gasteiger partial charge in [-0.05, 0) is 18.1 Å². The number of hydrogen-bond acceptors (Lipinski definition) is 2. The quantitative estimate of drug-likeness (QED) is 0.756. The van der Waals surface area contributed by atoms with Gasteiger partial charge in [0.25, 0.3) is 0 Å². The molecule has 3 heteroatoms. The predicted octanol–water partition coefficient (Wildman–Crippen LogP) is 2.63. The van der Waals surface area contributed by atoms with Crippen LogP contribution in [0.3, 0.4) is 0 Å². The molecule has 0 heterocycles. The molecule has 2 nitrogen and oxygen atoms in total. The minimum Gasteiger partial charge on any atom is -0.486 e. The van der Waals surface area contributed by atoms with Gasteiger partial charge in [-0.3, -0.25) is 0 Å². The largest absolute Gasteiger partial charge is 0.486 e. The zero-order valence-electron chi connectivity index (χ0n) is 8.92. The normalized spacial score (nSPS) is 10.1. The molecule has 1 aromatic rings. The lowest BCUT2D eigenvalue weighted by molar-refractivity contribution is 0.326. The first-order valence-electron chi connectivity index (χ1n) is 4.96. The number of benzene rings is 1. The third-order valence-corrected chi connectivity index (χ3v) is 2.19. The van der Waals surface area contributed by atoms with E-state index in [1.807, 2.05) is 6.92 Å². The Morgan fingerprint density at radius 2 is 2.27 bits per heavy atom. The van der Waals surface area contributed by atoms with Crippen molar-refractivity contribution in [3.05, 3.63) is 41.7 Å². The molecular weight excluding hydrogens is 193 g/mol. The number of ether oxygens (including phenoxy) is 1. The van der Waals surface area contributed by atoms with Crippen molar-refractivity contribution in [2.45, 2.75) is 19.9 Å². The Morgan fingerprint density at radius 1 is 1.53 bits per heavy atom. The molecule has 0 aromatic heterocycles. The van der Waals surface area contributed by atoms with Crippen LogP contribution in [-0.4, -0.2) is 6.61 Å². The van der Waals surface area contributed by atoms with Gasteiger partial charge in [0.15, 0.2) is 11.6 Å². The molecule has 0 radical (unpaired) electrons. The van der Waals surface area contributed by atoms with Crippen LogP contribution in [0.4, 0.5) is 4.39 Å². The molecule has 1 aromatic carbocycles. The second kappa shape index (κ2) is 5.51. The van der Waals surface area contributed by atoms with Crippen LogP contribution in [0.15, 0.2) is 30.4 Å². The summed E-state index contributed by atoms with van der Waals surface area (Å²) < 4.78 is 18.7. The molecule has 0 aliphatic carbocycles. The Bertz CT molecular complexity index is 349. The van der Waals surface area contributed by atoms with Crippen molar-refractivity contribution in [3.63, 3.8) is 0 Å². The highest BCUT2D eigenvalue weighted by Gasteiger charge is 2.08. The van der Waals surface area contributed by atoms with E-state index in [4.69, 9.17) is 10.5 Å². The maximum Gasteiger partial charge on any atom is 0.165 e. The average molecular weight is 209 g/mol. The number of para-hydroxylation sites is 1. The van der Waals surface area contributed by atoms with E-state index in [9.17, 15) is 4.39 Å². The molecule has 0 aliphatic rings. The highest BCUT2D eigenvalue weighted by Crippen LogP contribution is 2.22. The molecule has 82 valence electrons. The van der Waals surface area contributed by atoms with Crippen molar-refractivity contribution in [3.8, 4) is 5.75 Å². The maximum absolute atomic E-state index is 13.4. The van der Waals surface area contributed by atoms with Crippen LogP contribution in [0, 0.1) is 5.82 Å². The molecule has 0 aliphatic heterocycles. The topological polar surface area (TPSA) is 35.2 Å². The van der Waals surface area contributed by atoms with Crippen molar-refractivity contribution >= 4 is 0 Å². The van der Waals surface area contributed by atoms with Gasteiger partial charge in [0.1, 0.15) is 6.61 Å². The fourth-order valence-electron chi connectivity index (χ4n) is 1.15. The van der Waals surface area contributed by atoms with Crippen LogP contribution >= 0.6 is 0 Å². The summed E-state index contributed by atoms with van der Waals surface area (Å²) in [6.45, 7) is 6.39. The van der Waals surface area contributed by atoms with Crippen molar-refractivity contribution < 1.29 is 9.13 Å². The molecule has 1 rings (SSSR count). The van der Waals surface area contributed by atoms with Crippen LogP contribution in [0.5, 0.6) is 5.75 Å². The molecule has 0 spiro atoms. The molecule has 2 N–H and O–H groups in total. The molecule has 0 saturated heterocycles. The lowest BCUT2D eigenvalue weighted by Crippen LogP contribution is -2.06. The average Bonchev–Trinajstić information content (AvgIpc) is 2.26. The predicted molar refractivity (Wildman–Crippen MR) is 59.2 cm³/mol. The highest BCUT2D eigenvalue weighted by molar-refractivity contribution is 5.35. The molecule has 0 atom stereocenters. The van der Waals surface area contributed by atoms with Crippen LogP contribution < -0.4 is 10.5 Å². The fraction of sp³-hybridized carbons (Fsp3) is 0.333. The maximum atomic E-state index is 13.4. The lowest BCUT2D eigenvalue weighted by atomic mass is 10.2. The number of halogens is 1. The zero-order valence-corrected chi connectivity index (χ0v) is 8.92. The van der Waals surface area contributed by atoms with Gasteiger partial charge in [-0.2, -0.15) is 0 Å². The van der Waals surface area contributed by atoms with Crippen molar-refractivity contribution in [1.29, 1.82) is 0 Å². The second-order valence-corrected chi connectivity index (χ2v) is 3.32. The summed E-state index contributed by atoms with van der Waals surface area (Å²) in [5.41, 5.74) is 7.10. The summed E-state index contributed by atoms with van der Waals surface area (Å²) >= 11 is 0. The minimum atomic E-state index is -0.373. The Balaban J connectivity index is 2.78. The molecule has 0 saturated carbocycles. The van der Waals surface area contributed by atoms with Crippen LogP contribution in [-0.2, 0) is 6.54 Å². The number of nitrogens with two attached hydrogens (primary N) is 1. The lowest BCUT2D eigenvalue weighted by Gasteiger charge is -2.11. The van der Waals surface area contributed by atoms with Crippen molar-refractivity contribution in [2.75, 3.05) is 6.61 Å². The van der Waals surface area contributed by atoms with E-state index >= 15 is 0 Å². The van der Waals surface area contributed by atoms with Gasteiger partial charge in [0, 0.05) is 12.1 Å². The standard InChI is InChI=1S/C12H16FNO/c1-3-9(2)8-15-12-10(7-14)5-4-6-11(12)13/h4-6H,2-3,7-8,14H2,1H3. The van der Waals surface area contributed by atoms with Gasteiger partial charge in [-0.1, -0.05) is 25.6 Å². The first-order valence-corrected chi connectivity index (χ1v) is 4.96. The van der Waals surface area contributed by atoms with Gasteiger partial charge < -0.3 is 10.5 Å². The molecule has 15 heavy (non-hydrogen) atoms. The van der Waals surface area contributed by atoms with Crippen LogP contribution in [0.1, 0.15) is 18.9 Å². The third kappa shape index (κ3) is 3.06. The number of hydrogen-bond donors (Lipinski definition) is 1. The minimum absolute atomic E-state index is 0.245. The number of rotatable bonds is 5. The van der Waals surface area contributed by atoms with Gasteiger partial charge in [-0.15, -0.1) is 0 Å². The van der Waals surface area contributed by atoms with Gasteiger partial charge >= 0.3 is 0 Å². The monoisotopic (exact) mass is 209 g/mol. The van der Waals surface area contributed by atoms with Crippen LogP contribution in [0.2, 0.25) is 0 Å². The van der Waals surface area contributed by atoms with E-state index in [0.717, 1.165) is 12.0 Å². The Morgan fingerprint density at radius 3 is 2.87 bits per heavy atom. The molecule has 0 bridgehead atoms. The van der Waals surface area contributed by atoms with Gasteiger partial charge in [-0.25, -0.2) is 4.39 Å². The molecule has 0 fully saturated rings. The summed E-state index contributed by atoms with van der Waals surface area (Å²) in [4.78, 5) is 0. The molecular formula is C12H16FNO. The first-order chi connectivity index (χ1) is 7.19. The summed E-state index contributed by atoms with van der Waals surface area (Å²) in [6.07, 6.45) is 0.826. The zero-order chi connectivity index (χ0) is 11.3. The van der Waals surface area contributed by atoms with Gasteiger partial charge in [0.05, 0.1) is 0 Å². The Kier molecular flexibility index (Phi) is 4.31. The van der Waals surface area contributed by atoms with E-state index in [2.05, 4.69) is 6.58 Å². The summed E-state index contributed by atoms with van der Waals surface area (Å²) in [5.74, 6) is -0.128. The Labute approximate surface area is 89.6 Å². The fourth-order valence-corrected chi connectivity index (χ4v) is 1.15. The molecule has 0 unspecified atom stereocenters. The van der Waals surface area contributed by atoms with Crippen molar-refractivity contribution in [2.24, 2.45) is 5.73 Å². The Hall–Kier alpha value is -1.35. The van der Waals surface area contributed by atoms with Gasteiger partial charge in [0.2, 0.25) is 0 Å². The van der Waals surface area contributed by atoms with E-state index in [-0.39, 0.29) is 18.1 Å².